The topological polar surface area (TPSA) is 62.3 Å². The second kappa shape index (κ2) is 7.05. The molecule has 0 saturated carbocycles. The van der Waals surface area contributed by atoms with E-state index in [1.54, 1.807) is 16.4 Å². The average molecular weight is 367 g/mol. The van der Waals surface area contributed by atoms with E-state index >= 15 is 0 Å². The van der Waals surface area contributed by atoms with Crippen LogP contribution in [-0.2, 0) is 10.0 Å². The Kier molecular flexibility index (Phi) is 4.61. The number of hydrogen-bond acceptors (Lipinski definition) is 4. The monoisotopic (exact) mass is 367 g/mol. The SMILES string of the molecule is O=S(=O)(c1ccc(Nc2cccc3ccccc23)nc1)N1CCCCC1. The number of nitrogens with zero attached hydrogens (tertiary/aromatic N) is 2. The van der Waals surface area contributed by atoms with Crippen molar-refractivity contribution >= 4 is 32.3 Å². The van der Waals surface area contributed by atoms with E-state index in [1.807, 2.05) is 30.3 Å². The molecule has 4 rings (SSSR count). The first-order valence-corrected chi connectivity index (χ1v) is 10.3. The fraction of sp³-hybridized carbons (Fsp3) is 0.250. The van der Waals surface area contributed by atoms with Gasteiger partial charge in [-0.2, -0.15) is 4.31 Å². The Hall–Kier alpha value is -2.44. The highest BCUT2D eigenvalue weighted by molar-refractivity contribution is 7.89. The normalized spacial score (nSPS) is 15.8. The molecular formula is C20H21N3O2S. The summed E-state index contributed by atoms with van der Waals surface area (Å²) in [7, 11) is -3.44. The van der Waals surface area contributed by atoms with Gasteiger partial charge in [0.2, 0.25) is 10.0 Å². The van der Waals surface area contributed by atoms with Crippen LogP contribution in [0, 0.1) is 0 Å². The summed E-state index contributed by atoms with van der Waals surface area (Å²) in [5.74, 6) is 0.624. The van der Waals surface area contributed by atoms with Crippen LogP contribution >= 0.6 is 0 Å². The molecule has 3 aromatic rings. The van der Waals surface area contributed by atoms with E-state index in [0.717, 1.165) is 35.7 Å². The number of aromatic nitrogens is 1. The van der Waals surface area contributed by atoms with Gasteiger partial charge >= 0.3 is 0 Å². The lowest BCUT2D eigenvalue weighted by molar-refractivity contribution is 0.346. The predicted octanol–water partition coefficient (Wildman–Crippen LogP) is 4.15. The molecule has 0 atom stereocenters. The van der Waals surface area contributed by atoms with Gasteiger partial charge in [0, 0.05) is 30.4 Å². The van der Waals surface area contributed by atoms with Gasteiger partial charge in [-0.05, 0) is 36.4 Å². The smallest absolute Gasteiger partial charge is 0.244 e. The zero-order valence-corrected chi connectivity index (χ0v) is 15.2. The fourth-order valence-electron chi connectivity index (χ4n) is 3.33. The maximum atomic E-state index is 12.7. The third-order valence-corrected chi connectivity index (χ3v) is 6.62. The maximum absolute atomic E-state index is 12.7. The molecular weight excluding hydrogens is 346 g/mol. The summed E-state index contributed by atoms with van der Waals surface area (Å²) >= 11 is 0. The van der Waals surface area contributed by atoms with Crippen LogP contribution in [0.3, 0.4) is 0 Å². The van der Waals surface area contributed by atoms with Crippen molar-refractivity contribution in [1.82, 2.24) is 9.29 Å². The van der Waals surface area contributed by atoms with Gasteiger partial charge in [-0.15, -0.1) is 0 Å². The van der Waals surface area contributed by atoms with Gasteiger partial charge < -0.3 is 5.32 Å². The molecule has 1 aromatic heterocycles. The van der Waals surface area contributed by atoms with Gasteiger partial charge in [-0.25, -0.2) is 13.4 Å². The highest BCUT2D eigenvalue weighted by Crippen LogP contribution is 2.26. The molecule has 0 aliphatic carbocycles. The van der Waals surface area contributed by atoms with Gasteiger partial charge in [0.25, 0.3) is 0 Å². The largest absolute Gasteiger partial charge is 0.340 e. The quantitative estimate of drug-likeness (QED) is 0.752. The number of nitrogens with one attached hydrogen (secondary N) is 1. The summed E-state index contributed by atoms with van der Waals surface area (Å²) in [6.45, 7) is 1.19. The Labute approximate surface area is 153 Å². The first kappa shape index (κ1) is 17.0. The summed E-state index contributed by atoms with van der Waals surface area (Å²) in [6.07, 6.45) is 4.39. The van der Waals surface area contributed by atoms with Gasteiger partial charge in [0.1, 0.15) is 10.7 Å². The number of piperidine rings is 1. The molecule has 1 N–H and O–H groups in total. The van der Waals surface area contributed by atoms with Crippen LogP contribution in [-0.4, -0.2) is 30.8 Å². The minimum atomic E-state index is -3.44. The van der Waals surface area contributed by atoms with Gasteiger partial charge in [-0.1, -0.05) is 42.8 Å². The molecule has 2 heterocycles. The molecule has 0 bridgehead atoms. The molecule has 1 fully saturated rings. The zero-order valence-electron chi connectivity index (χ0n) is 14.4. The molecule has 0 spiro atoms. The van der Waals surface area contributed by atoms with E-state index in [4.69, 9.17) is 0 Å². The third kappa shape index (κ3) is 3.30. The summed E-state index contributed by atoms with van der Waals surface area (Å²) in [6, 6.07) is 17.5. The van der Waals surface area contributed by atoms with Gasteiger partial charge in [0.15, 0.2) is 0 Å². The fourth-order valence-corrected chi connectivity index (χ4v) is 4.80. The van der Waals surface area contributed by atoms with Crippen molar-refractivity contribution in [2.75, 3.05) is 18.4 Å². The van der Waals surface area contributed by atoms with Crippen molar-refractivity contribution in [3.63, 3.8) is 0 Å². The maximum Gasteiger partial charge on any atom is 0.244 e. The lowest BCUT2D eigenvalue weighted by atomic mass is 10.1. The Bertz CT molecular complexity index is 1010. The molecule has 0 radical (unpaired) electrons. The molecule has 6 heteroatoms. The van der Waals surface area contributed by atoms with Gasteiger partial charge in [0.05, 0.1) is 0 Å². The number of pyridine rings is 1. The standard InChI is InChI=1S/C20H21N3O2S/c24-26(25,23-13-4-1-5-14-23)17-11-12-20(21-15-17)22-19-10-6-8-16-7-2-3-9-18(16)19/h2-3,6-12,15H,1,4-5,13-14H2,(H,21,22). The Morgan fingerprint density at radius 2 is 1.65 bits per heavy atom. The van der Waals surface area contributed by atoms with Crippen molar-refractivity contribution in [1.29, 1.82) is 0 Å². The molecule has 0 amide bonds. The van der Waals surface area contributed by atoms with E-state index in [-0.39, 0.29) is 4.90 Å². The van der Waals surface area contributed by atoms with E-state index in [1.165, 1.54) is 6.20 Å². The van der Waals surface area contributed by atoms with Crippen LogP contribution in [0.4, 0.5) is 11.5 Å². The van der Waals surface area contributed by atoms with E-state index in [9.17, 15) is 8.42 Å². The minimum absolute atomic E-state index is 0.253. The summed E-state index contributed by atoms with van der Waals surface area (Å²) in [4.78, 5) is 4.58. The van der Waals surface area contributed by atoms with E-state index < -0.39 is 10.0 Å². The first-order chi connectivity index (χ1) is 12.6. The second-order valence-electron chi connectivity index (χ2n) is 6.50. The Morgan fingerprint density at radius 3 is 2.42 bits per heavy atom. The number of benzene rings is 2. The third-order valence-electron chi connectivity index (χ3n) is 4.74. The molecule has 134 valence electrons. The molecule has 26 heavy (non-hydrogen) atoms. The van der Waals surface area contributed by atoms with Crippen LogP contribution in [0.5, 0.6) is 0 Å². The number of fused-ring (bicyclic) bond motifs is 1. The van der Waals surface area contributed by atoms with Crippen molar-refractivity contribution in [3.8, 4) is 0 Å². The Morgan fingerprint density at radius 1 is 0.885 bits per heavy atom. The molecule has 5 nitrogen and oxygen atoms in total. The molecule has 2 aromatic carbocycles. The van der Waals surface area contributed by atoms with Crippen LogP contribution < -0.4 is 5.32 Å². The molecule has 0 unspecified atom stereocenters. The van der Waals surface area contributed by atoms with Crippen LogP contribution in [0.1, 0.15) is 19.3 Å². The number of anilines is 2. The second-order valence-corrected chi connectivity index (χ2v) is 8.43. The van der Waals surface area contributed by atoms with Crippen LogP contribution in [0.15, 0.2) is 65.7 Å². The first-order valence-electron chi connectivity index (χ1n) is 8.86. The summed E-state index contributed by atoms with van der Waals surface area (Å²) in [5, 5.41) is 5.53. The van der Waals surface area contributed by atoms with Crippen molar-refractivity contribution < 1.29 is 8.42 Å². The highest BCUT2D eigenvalue weighted by Gasteiger charge is 2.26. The summed E-state index contributed by atoms with van der Waals surface area (Å²) < 4.78 is 27.0. The van der Waals surface area contributed by atoms with Gasteiger partial charge in [-0.3, -0.25) is 0 Å². The predicted molar refractivity (Wildman–Crippen MR) is 104 cm³/mol. The van der Waals surface area contributed by atoms with Crippen molar-refractivity contribution in [3.05, 3.63) is 60.8 Å². The van der Waals surface area contributed by atoms with E-state index in [0.29, 0.717) is 18.9 Å². The van der Waals surface area contributed by atoms with Crippen LogP contribution in [0.2, 0.25) is 0 Å². The average Bonchev–Trinajstić information content (AvgIpc) is 2.69. The molecule has 1 aliphatic rings. The zero-order chi connectivity index (χ0) is 18.0. The number of sulfonamides is 1. The summed E-state index contributed by atoms with van der Waals surface area (Å²) in [5.41, 5.74) is 0.947. The van der Waals surface area contributed by atoms with Crippen molar-refractivity contribution in [2.45, 2.75) is 24.2 Å². The molecule has 1 saturated heterocycles. The number of hydrogen-bond donors (Lipinski definition) is 1. The minimum Gasteiger partial charge on any atom is -0.340 e. The number of rotatable bonds is 4. The van der Waals surface area contributed by atoms with Crippen LogP contribution in [0.25, 0.3) is 10.8 Å². The molecule has 1 aliphatic heterocycles. The lowest BCUT2D eigenvalue weighted by Gasteiger charge is -2.25. The lowest BCUT2D eigenvalue weighted by Crippen LogP contribution is -2.35. The Balaban J connectivity index is 1.58. The van der Waals surface area contributed by atoms with Crippen molar-refractivity contribution in [2.24, 2.45) is 0 Å². The highest BCUT2D eigenvalue weighted by atomic mass is 32.2. The van der Waals surface area contributed by atoms with E-state index in [2.05, 4.69) is 22.4 Å².